The van der Waals surface area contributed by atoms with Gasteiger partial charge in [-0.15, -0.1) is 0 Å². The van der Waals surface area contributed by atoms with Crippen LogP contribution in [0.2, 0.25) is 5.02 Å². The molecule has 140 valence electrons. The minimum atomic E-state index is -0.679. The van der Waals surface area contributed by atoms with Gasteiger partial charge in [-0.05, 0) is 36.2 Å². The molecule has 2 aromatic rings. The van der Waals surface area contributed by atoms with E-state index in [9.17, 15) is 14.4 Å². The van der Waals surface area contributed by atoms with Crippen LogP contribution in [0.5, 0.6) is 5.75 Å². The number of ether oxygens (including phenoxy) is 2. The summed E-state index contributed by atoms with van der Waals surface area (Å²) in [6.45, 7) is 0.148. The van der Waals surface area contributed by atoms with Crippen molar-refractivity contribution in [2.75, 3.05) is 13.2 Å². The second-order valence-corrected chi connectivity index (χ2v) is 6.47. The molecule has 0 bridgehead atoms. The Hall–Kier alpha value is -2.86. The molecular weight excluding hydrogens is 370 g/mol. The Bertz CT molecular complexity index is 850. The minimum absolute atomic E-state index is 0.215. The number of nitrogens with zero attached hydrogens (tertiary/aromatic N) is 1. The molecule has 1 fully saturated rings. The molecule has 1 aliphatic rings. The minimum Gasteiger partial charge on any atom is -0.488 e. The van der Waals surface area contributed by atoms with Crippen molar-refractivity contribution in [2.45, 2.75) is 19.4 Å². The Morgan fingerprint density at radius 3 is 2.52 bits per heavy atom. The largest absolute Gasteiger partial charge is 0.488 e. The number of hydrogen-bond acceptors (Lipinski definition) is 5. The third-order valence-electron chi connectivity index (χ3n) is 4.12. The highest BCUT2D eigenvalue weighted by Crippen LogP contribution is 2.21. The van der Waals surface area contributed by atoms with Gasteiger partial charge in [0.2, 0.25) is 5.91 Å². The molecule has 0 N–H and O–H groups in total. The lowest BCUT2D eigenvalue weighted by atomic mass is 10.2. The van der Waals surface area contributed by atoms with Crippen LogP contribution in [-0.4, -0.2) is 35.8 Å². The number of carbonyl (C=O) groups is 3. The molecule has 7 heteroatoms. The van der Waals surface area contributed by atoms with Crippen molar-refractivity contribution >= 4 is 29.4 Å². The lowest BCUT2D eigenvalue weighted by Gasteiger charge is -2.14. The summed E-state index contributed by atoms with van der Waals surface area (Å²) in [4.78, 5) is 37.0. The van der Waals surface area contributed by atoms with Crippen LogP contribution in [0, 0.1) is 0 Å². The van der Waals surface area contributed by atoms with Crippen LogP contribution in [-0.2, 0) is 20.9 Å². The molecule has 0 atom stereocenters. The summed E-state index contributed by atoms with van der Waals surface area (Å²) in [7, 11) is 0. The van der Waals surface area contributed by atoms with Crippen LogP contribution in [0.25, 0.3) is 0 Å². The number of likely N-dealkylation sites (tertiary alicyclic amines) is 1. The van der Waals surface area contributed by atoms with E-state index in [1.807, 2.05) is 12.1 Å². The van der Waals surface area contributed by atoms with Crippen LogP contribution in [0.15, 0.2) is 48.5 Å². The molecule has 0 aromatic heterocycles. The average molecular weight is 388 g/mol. The van der Waals surface area contributed by atoms with Crippen molar-refractivity contribution in [1.82, 2.24) is 4.90 Å². The van der Waals surface area contributed by atoms with Crippen molar-refractivity contribution in [3.8, 4) is 5.75 Å². The third kappa shape index (κ3) is 4.86. The molecular formula is C20H18ClNO5. The molecule has 1 heterocycles. The highest BCUT2D eigenvalue weighted by molar-refractivity contribution is 6.30. The van der Waals surface area contributed by atoms with Crippen LogP contribution in [0.3, 0.4) is 0 Å². The van der Waals surface area contributed by atoms with Gasteiger partial charge in [0.15, 0.2) is 6.61 Å². The lowest BCUT2D eigenvalue weighted by molar-refractivity contribution is -0.143. The van der Waals surface area contributed by atoms with Crippen molar-refractivity contribution in [3.05, 3.63) is 64.7 Å². The van der Waals surface area contributed by atoms with E-state index in [0.29, 0.717) is 30.2 Å². The number of amides is 2. The summed E-state index contributed by atoms with van der Waals surface area (Å²) in [6.07, 6.45) is 0.987. The highest BCUT2D eigenvalue weighted by Gasteiger charge is 2.27. The standard InChI is InChI=1S/C20H18ClNO5/c21-15-9-7-14(8-10-15)12-26-17-5-2-1-4-16(17)20(25)27-13-19(24)22-11-3-6-18(22)23/h1-2,4-5,7-10H,3,6,11-13H2. The second kappa shape index (κ2) is 8.68. The summed E-state index contributed by atoms with van der Waals surface area (Å²) in [5.74, 6) is -1.07. The maximum atomic E-state index is 12.3. The average Bonchev–Trinajstić information content (AvgIpc) is 3.11. The Morgan fingerprint density at radius 2 is 1.81 bits per heavy atom. The molecule has 2 amide bonds. The van der Waals surface area contributed by atoms with Gasteiger partial charge >= 0.3 is 5.97 Å². The number of imide groups is 1. The normalized spacial score (nSPS) is 13.5. The molecule has 1 aliphatic heterocycles. The smallest absolute Gasteiger partial charge is 0.342 e. The highest BCUT2D eigenvalue weighted by atomic mass is 35.5. The number of halogens is 1. The topological polar surface area (TPSA) is 72.9 Å². The van der Waals surface area contributed by atoms with E-state index in [-0.39, 0.29) is 18.1 Å². The predicted octanol–water partition coefficient (Wildman–Crippen LogP) is 3.22. The van der Waals surface area contributed by atoms with Crippen molar-refractivity contribution < 1.29 is 23.9 Å². The van der Waals surface area contributed by atoms with Crippen LogP contribution >= 0.6 is 11.6 Å². The van der Waals surface area contributed by atoms with E-state index in [2.05, 4.69) is 0 Å². The van der Waals surface area contributed by atoms with E-state index < -0.39 is 18.5 Å². The predicted molar refractivity (Wildman–Crippen MR) is 98.5 cm³/mol. The van der Waals surface area contributed by atoms with E-state index >= 15 is 0 Å². The Labute approximate surface area is 161 Å². The van der Waals surface area contributed by atoms with Crippen molar-refractivity contribution in [1.29, 1.82) is 0 Å². The van der Waals surface area contributed by atoms with E-state index in [1.165, 1.54) is 0 Å². The number of esters is 1. The zero-order valence-corrected chi connectivity index (χ0v) is 15.3. The van der Waals surface area contributed by atoms with Crippen molar-refractivity contribution in [2.24, 2.45) is 0 Å². The van der Waals surface area contributed by atoms with Crippen LogP contribution < -0.4 is 4.74 Å². The molecule has 3 rings (SSSR count). The summed E-state index contributed by atoms with van der Waals surface area (Å²) < 4.78 is 10.8. The zero-order valence-electron chi connectivity index (χ0n) is 14.5. The molecule has 0 spiro atoms. The van der Waals surface area contributed by atoms with Gasteiger partial charge < -0.3 is 9.47 Å². The Morgan fingerprint density at radius 1 is 1.07 bits per heavy atom. The van der Waals surface area contributed by atoms with Gasteiger partial charge in [0.25, 0.3) is 5.91 Å². The fourth-order valence-electron chi connectivity index (χ4n) is 2.70. The fourth-order valence-corrected chi connectivity index (χ4v) is 2.82. The number of benzene rings is 2. The fraction of sp³-hybridized carbons (Fsp3) is 0.250. The molecule has 1 saturated heterocycles. The van der Waals surface area contributed by atoms with Crippen molar-refractivity contribution in [3.63, 3.8) is 0 Å². The van der Waals surface area contributed by atoms with E-state index in [4.69, 9.17) is 21.1 Å². The SMILES string of the molecule is O=C(OCC(=O)N1CCCC1=O)c1ccccc1OCc1ccc(Cl)cc1. The van der Waals surface area contributed by atoms with Gasteiger partial charge in [-0.3, -0.25) is 14.5 Å². The quantitative estimate of drug-likeness (QED) is 0.711. The third-order valence-corrected chi connectivity index (χ3v) is 4.37. The van der Waals surface area contributed by atoms with E-state index in [0.717, 1.165) is 10.5 Å². The number of hydrogen-bond donors (Lipinski definition) is 0. The molecule has 2 aromatic carbocycles. The van der Waals surface area contributed by atoms with Gasteiger partial charge in [0.05, 0.1) is 0 Å². The molecule has 6 nitrogen and oxygen atoms in total. The number of para-hydroxylation sites is 1. The number of rotatable bonds is 6. The van der Waals surface area contributed by atoms with Crippen LogP contribution in [0.1, 0.15) is 28.8 Å². The first-order valence-corrected chi connectivity index (χ1v) is 8.89. The van der Waals surface area contributed by atoms with Crippen LogP contribution in [0.4, 0.5) is 0 Å². The van der Waals surface area contributed by atoms with Gasteiger partial charge in [-0.25, -0.2) is 4.79 Å². The molecule has 0 unspecified atom stereocenters. The first-order chi connectivity index (χ1) is 13.0. The summed E-state index contributed by atoms with van der Waals surface area (Å²) in [6, 6.07) is 13.8. The van der Waals surface area contributed by atoms with Gasteiger partial charge in [-0.2, -0.15) is 0 Å². The van der Waals surface area contributed by atoms with Gasteiger partial charge in [0, 0.05) is 18.0 Å². The monoisotopic (exact) mass is 387 g/mol. The first kappa shape index (κ1) is 18.9. The summed E-state index contributed by atoms with van der Waals surface area (Å²) >= 11 is 5.86. The Kier molecular flexibility index (Phi) is 6.08. The summed E-state index contributed by atoms with van der Waals surface area (Å²) in [5.41, 5.74) is 1.11. The molecule has 0 aliphatic carbocycles. The zero-order chi connectivity index (χ0) is 19.2. The summed E-state index contributed by atoms with van der Waals surface area (Å²) in [5, 5.41) is 0.629. The Balaban J connectivity index is 1.60. The molecule has 0 saturated carbocycles. The van der Waals surface area contributed by atoms with E-state index in [1.54, 1.807) is 36.4 Å². The lowest BCUT2D eigenvalue weighted by Crippen LogP contribution is -2.35. The van der Waals surface area contributed by atoms with Gasteiger partial charge in [0.1, 0.15) is 17.9 Å². The molecule has 0 radical (unpaired) electrons. The maximum Gasteiger partial charge on any atom is 0.342 e. The number of carbonyl (C=O) groups excluding carboxylic acids is 3. The first-order valence-electron chi connectivity index (χ1n) is 8.51. The molecule has 27 heavy (non-hydrogen) atoms. The second-order valence-electron chi connectivity index (χ2n) is 6.03. The maximum absolute atomic E-state index is 12.3. The van der Waals surface area contributed by atoms with Gasteiger partial charge in [-0.1, -0.05) is 35.9 Å².